The SMILES string of the molecule is C=C(C)C(=O)c1ccc(C(=O)O)c(C(=O)O)c1CCO. The Labute approximate surface area is 115 Å². The van der Waals surface area contributed by atoms with Crippen molar-refractivity contribution in [2.75, 3.05) is 6.61 Å². The summed E-state index contributed by atoms with van der Waals surface area (Å²) >= 11 is 0. The molecule has 0 heterocycles. The van der Waals surface area contributed by atoms with E-state index in [2.05, 4.69) is 6.58 Å². The molecular weight excluding hydrogens is 264 g/mol. The summed E-state index contributed by atoms with van der Waals surface area (Å²) < 4.78 is 0. The van der Waals surface area contributed by atoms with E-state index in [1.165, 1.54) is 13.0 Å². The second-order valence-corrected chi connectivity index (χ2v) is 4.21. The fourth-order valence-electron chi connectivity index (χ4n) is 1.88. The summed E-state index contributed by atoms with van der Waals surface area (Å²) in [6.07, 6.45) is -0.128. The van der Waals surface area contributed by atoms with Gasteiger partial charge < -0.3 is 15.3 Å². The van der Waals surface area contributed by atoms with E-state index in [1.54, 1.807) is 0 Å². The third kappa shape index (κ3) is 2.92. The summed E-state index contributed by atoms with van der Waals surface area (Å²) in [5.41, 5.74) is -0.636. The molecule has 1 aromatic rings. The van der Waals surface area contributed by atoms with E-state index in [0.29, 0.717) is 0 Å². The highest BCUT2D eigenvalue weighted by Gasteiger charge is 2.25. The van der Waals surface area contributed by atoms with Crippen LogP contribution in [0.15, 0.2) is 24.3 Å². The van der Waals surface area contributed by atoms with E-state index < -0.39 is 35.5 Å². The van der Waals surface area contributed by atoms with Crippen molar-refractivity contribution in [3.8, 4) is 0 Å². The maximum atomic E-state index is 12.0. The minimum atomic E-state index is -1.46. The third-order valence-electron chi connectivity index (χ3n) is 2.75. The van der Waals surface area contributed by atoms with Crippen LogP contribution in [0.4, 0.5) is 0 Å². The molecule has 1 aromatic carbocycles. The maximum Gasteiger partial charge on any atom is 0.336 e. The number of Topliss-reactive ketones (excluding diaryl/α,β-unsaturated/α-hetero) is 1. The molecule has 0 aliphatic carbocycles. The van der Waals surface area contributed by atoms with E-state index in [4.69, 9.17) is 10.2 Å². The van der Waals surface area contributed by atoms with Crippen LogP contribution in [0.3, 0.4) is 0 Å². The quantitative estimate of drug-likeness (QED) is 0.535. The Morgan fingerprint density at radius 1 is 1.10 bits per heavy atom. The van der Waals surface area contributed by atoms with Gasteiger partial charge in [-0.1, -0.05) is 6.58 Å². The molecule has 0 bridgehead atoms. The van der Waals surface area contributed by atoms with Crippen LogP contribution >= 0.6 is 0 Å². The number of aliphatic hydroxyl groups excluding tert-OH is 1. The van der Waals surface area contributed by atoms with Crippen LogP contribution in [0.25, 0.3) is 0 Å². The zero-order valence-electron chi connectivity index (χ0n) is 10.8. The van der Waals surface area contributed by atoms with Gasteiger partial charge in [-0.3, -0.25) is 4.79 Å². The molecule has 0 aromatic heterocycles. The van der Waals surface area contributed by atoms with Crippen molar-refractivity contribution in [3.05, 3.63) is 46.5 Å². The lowest BCUT2D eigenvalue weighted by atomic mass is 9.90. The first-order valence-corrected chi connectivity index (χ1v) is 5.74. The maximum absolute atomic E-state index is 12.0. The molecule has 3 N–H and O–H groups in total. The number of carbonyl (C=O) groups is 3. The van der Waals surface area contributed by atoms with Gasteiger partial charge in [0, 0.05) is 12.2 Å². The van der Waals surface area contributed by atoms with Crippen LogP contribution in [0, 0.1) is 0 Å². The molecule has 1 rings (SSSR count). The Morgan fingerprint density at radius 2 is 1.65 bits per heavy atom. The second-order valence-electron chi connectivity index (χ2n) is 4.21. The van der Waals surface area contributed by atoms with E-state index in [9.17, 15) is 19.5 Å². The zero-order chi connectivity index (χ0) is 15.4. The minimum Gasteiger partial charge on any atom is -0.478 e. The molecule has 0 atom stereocenters. The van der Waals surface area contributed by atoms with Crippen LogP contribution in [0.2, 0.25) is 0 Å². The molecule has 0 fully saturated rings. The molecule has 0 saturated carbocycles. The summed E-state index contributed by atoms with van der Waals surface area (Å²) in [6.45, 7) is 4.55. The lowest BCUT2D eigenvalue weighted by Crippen LogP contribution is -2.17. The Balaban J connectivity index is 3.68. The zero-order valence-corrected chi connectivity index (χ0v) is 10.8. The lowest BCUT2D eigenvalue weighted by Gasteiger charge is -2.13. The first-order valence-electron chi connectivity index (χ1n) is 5.74. The van der Waals surface area contributed by atoms with Crippen LogP contribution < -0.4 is 0 Å². The fraction of sp³-hybridized carbons (Fsp3) is 0.214. The van der Waals surface area contributed by atoms with Crippen LogP contribution in [0.5, 0.6) is 0 Å². The number of carboxylic acids is 2. The average Bonchev–Trinajstić information content (AvgIpc) is 2.37. The van der Waals surface area contributed by atoms with Gasteiger partial charge in [0.15, 0.2) is 5.78 Å². The molecule has 6 heteroatoms. The fourth-order valence-corrected chi connectivity index (χ4v) is 1.88. The molecule has 0 radical (unpaired) electrons. The van der Waals surface area contributed by atoms with E-state index in [0.717, 1.165) is 6.07 Å². The molecule has 0 amide bonds. The normalized spacial score (nSPS) is 10.1. The van der Waals surface area contributed by atoms with Crippen molar-refractivity contribution in [3.63, 3.8) is 0 Å². The van der Waals surface area contributed by atoms with Crippen molar-refractivity contribution in [2.45, 2.75) is 13.3 Å². The molecule has 106 valence electrons. The van der Waals surface area contributed by atoms with Gasteiger partial charge in [0.25, 0.3) is 0 Å². The van der Waals surface area contributed by atoms with Gasteiger partial charge in [-0.15, -0.1) is 0 Å². The van der Waals surface area contributed by atoms with E-state index >= 15 is 0 Å². The molecule has 6 nitrogen and oxygen atoms in total. The molecule has 0 unspecified atom stereocenters. The Morgan fingerprint density at radius 3 is 2.05 bits per heavy atom. The number of benzene rings is 1. The average molecular weight is 278 g/mol. The van der Waals surface area contributed by atoms with Gasteiger partial charge in [0.2, 0.25) is 0 Å². The number of aromatic carboxylic acids is 2. The lowest BCUT2D eigenvalue weighted by molar-refractivity contribution is 0.0650. The number of carbonyl (C=O) groups excluding carboxylic acids is 1. The Hall–Kier alpha value is -2.47. The minimum absolute atomic E-state index is 0.00731. The number of rotatable bonds is 6. The van der Waals surface area contributed by atoms with Gasteiger partial charge in [-0.05, 0) is 36.6 Å². The van der Waals surface area contributed by atoms with Gasteiger partial charge in [0.1, 0.15) is 0 Å². The molecule has 0 saturated heterocycles. The number of hydrogen-bond acceptors (Lipinski definition) is 4. The molecular formula is C14H14O6. The highest BCUT2D eigenvalue weighted by Crippen LogP contribution is 2.23. The molecule has 20 heavy (non-hydrogen) atoms. The number of ketones is 1. The van der Waals surface area contributed by atoms with Crippen LogP contribution in [-0.2, 0) is 6.42 Å². The second kappa shape index (κ2) is 6.12. The summed E-state index contributed by atoms with van der Waals surface area (Å²) in [7, 11) is 0. The summed E-state index contributed by atoms with van der Waals surface area (Å²) in [5.74, 6) is -3.34. The summed E-state index contributed by atoms with van der Waals surface area (Å²) in [5, 5.41) is 27.2. The molecule has 0 aliphatic heterocycles. The van der Waals surface area contributed by atoms with Crippen molar-refractivity contribution in [1.82, 2.24) is 0 Å². The number of allylic oxidation sites excluding steroid dienone is 1. The third-order valence-corrected chi connectivity index (χ3v) is 2.75. The van der Waals surface area contributed by atoms with Crippen molar-refractivity contribution >= 4 is 17.7 Å². The van der Waals surface area contributed by atoms with Crippen molar-refractivity contribution in [2.24, 2.45) is 0 Å². The van der Waals surface area contributed by atoms with E-state index in [1.807, 2.05) is 0 Å². The number of hydrogen-bond donors (Lipinski definition) is 3. The number of carboxylic acid groups (broad SMARTS) is 2. The monoisotopic (exact) mass is 278 g/mol. The predicted octanol–water partition coefficient (Wildman–Crippen LogP) is 1.38. The Bertz CT molecular complexity index is 600. The van der Waals surface area contributed by atoms with Gasteiger partial charge in [-0.25, -0.2) is 9.59 Å². The van der Waals surface area contributed by atoms with Crippen LogP contribution in [0.1, 0.15) is 43.6 Å². The van der Waals surface area contributed by atoms with Crippen molar-refractivity contribution < 1.29 is 29.7 Å². The summed E-state index contributed by atoms with van der Waals surface area (Å²) in [4.78, 5) is 34.3. The van der Waals surface area contributed by atoms with E-state index in [-0.39, 0.29) is 23.1 Å². The van der Waals surface area contributed by atoms with Gasteiger partial charge >= 0.3 is 11.9 Å². The van der Waals surface area contributed by atoms with Crippen molar-refractivity contribution in [1.29, 1.82) is 0 Å². The highest BCUT2D eigenvalue weighted by molar-refractivity contribution is 6.12. The number of aliphatic hydroxyl groups is 1. The summed E-state index contributed by atoms with van der Waals surface area (Å²) in [6, 6.07) is 2.32. The highest BCUT2D eigenvalue weighted by atomic mass is 16.4. The first-order chi connectivity index (χ1) is 9.31. The topological polar surface area (TPSA) is 112 Å². The molecule has 0 spiro atoms. The van der Waals surface area contributed by atoms with Gasteiger partial charge in [0.05, 0.1) is 11.1 Å². The first kappa shape index (κ1) is 15.6. The molecule has 0 aliphatic rings. The van der Waals surface area contributed by atoms with Gasteiger partial charge in [-0.2, -0.15) is 0 Å². The standard InChI is InChI=1S/C14H14O6/c1-7(2)12(16)9-3-4-10(13(17)18)11(14(19)20)8(9)5-6-15/h3-4,15H,1,5-6H2,2H3,(H,17,18)(H,19,20). The largest absolute Gasteiger partial charge is 0.478 e. The Kier molecular flexibility index (Phi) is 4.77. The predicted molar refractivity (Wildman–Crippen MR) is 70.3 cm³/mol. The van der Waals surface area contributed by atoms with Crippen LogP contribution in [-0.4, -0.2) is 39.6 Å². The smallest absolute Gasteiger partial charge is 0.336 e.